The van der Waals surface area contributed by atoms with Crippen molar-refractivity contribution in [1.82, 2.24) is 0 Å². The van der Waals surface area contributed by atoms with Crippen molar-refractivity contribution < 1.29 is 19.1 Å². The van der Waals surface area contributed by atoms with Crippen molar-refractivity contribution in [3.05, 3.63) is 58.6 Å². The number of carbonyl (C=O) groups is 2. The third-order valence-corrected chi connectivity index (χ3v) is 4.40. The van der Waals surface area contributed by atoms with Crippen LogP contribution in [0.2, 0.25) is 0 Å². The third kappa shape index (κ3) is 6.63. The van der Waals surface area contributed by atoms with Gasteiger partial charge in [-0.2, -0.15) is 0 Å². The van der Waals surface area contributed by atoms with E-state index in [1.807, 2.05) is 6.07 Å². The number of carbonyl (C=O) groups excluding carboxylic acids is 2. The topological polar surface area (TPSA) is 52.6 Å². The minimum absolute atomic E-state index is 0.223. The fourth-order valence-electron chi connectivity index (χ4n) is 2.11. The van der Waals surface area contributed by atoms with Gasteiger partial charge in [0.2, 0.25) is 0 Å². The minimum Gasteiger partial charge on any atom is -0.423 e. The lowest BCUT2D eigenvalue weighted by atomic mass is 10.2. The van der Waals surface area contributed by atoms with Gasteiger partial charge in [-0.1, -0.05) is 56.5 Å². The van der Waals surface area contributed by atoms with Gasteiger partial charge in [0, 0.05) is 16.2 Å². The zero-order chi connectivity index (χ0) is 18.1. The monoisotopic (exact) mass is 468 g/mol. The first-order chi connectivity index (χ1) is 12.1. The Morgan fingerprint density at radius 3 is 2.28 bits per heavy atom. The van der Waals surface area contributed by atoms with E-state index in [-0.39, 0.29) is 17.5 Å². The molecule has 0 N–H and O–H groups in total. The van der Waals surface area contributed by atoms with Crippen molar-refractivity contribution in [1.29, 1.82) is 0 Å². The Hall–Kier alpha value is -1.66. The fraction of sp³-hybridized carbons (Fsp3) is 0.263. The van der Waals surface area contributed by atoms with Gasteiger partial charge in [0.15, 0.2) is 11.5 Å². The lowest BCUT2D eigenvalue weighted by Gasteiger charge is -2.10. The summed E-state index contributed by atoms with van der Waals surface area (Å²) in [6.45, 7) is 0. The number of rotatable bonds is 8. The van der Waals surface area contributed by atoms with Crippen LogP contribution in [0.15, 0.2) is 53.0 Å². The minimum atomic E-state index is -0.512. The summed E-state index contributed by atoms with van der Waals surface area (Å²) in [5, 5.41) is 0.927. The average molecular weight is 470 g/mol. The van der Waals surface area contributed by atoms with Crippen LogP contribution in [0.3, 0.4) is 0 Å². The molecule has 0 aromatic heterocycles. The van der Waals surface area contributed by atoms with E-state index in [2.05, 4.69) is 31.9 Å². The van der Waals surface area contributed by atoms with Crippen LogP contribution < -0.4 is 9.47 Å². The molecule has 0 fully saturated rings. The molecule has 132 valence electrons. The van der Waals surface area contributed by atoms with Crippen molar-refractivity contribution in [3.63, 3.8) is 0 Å². The number of halogens is 2. The molecule has 0 unspecified atom stereocenters. The van der Waals surface area contributed by atoms with Gasteiger partial charge >= 0.3 is 11.9 Å². The van der Waals surface area contributed by atoms with Crippen LogP contribution in [0.4, 0.5) is 0 Å². The number of esters is 2. The number of alkyl halides is 1. The van der Waals surface area contributed by atoms with Crippen LogP contribution in [-0.2, 0) is 4.79 Å². The molecular weight excluding hydrogens is 452 g/mol. The second-order valence-electron chi connectivity index (χ2n) is 5.32. The summed E-state index contributed by atoms with van der Waals surface area (Å²) < 4.78 is 11.5. The van der Waals surface area contributed by atoms with Gasteiger partial charge in [0.05, 0.1) is 5.56 Å². The van der Waals surface area contributed by atoms with Crippen LogP contribution >= 0.6 is 31.9 Å². The third-order valence-electron chi connectivity index (χ3n) is 3.35. The Morgan fingerprint density at radius 2 is 1.60 bits per heavy atom. The summed E-state index contributed by atoms with van der Waals surface area (Å²) >= 11 is 6.68. The first kappa shape index (κ1) is 19.7. The maximum atomic E-state index is 12.3. The van der Waals surface area contributed by atoms with Crippen LogP contribution in [0.1, 0.15) is 36.0 Å². The first-order valence-electron chi connectivity index (χ1n) is 7.93. The smallest absolute Gasteiger partial charge is 0.343 e. The molecule has 0 aliphatic heterocycles. The molecule has 0 heterocycles. The number of unbranched alkanes of at least 4 members (excludes halogenated alkanes) is 2. The normalized spacial score (nSPS) is 10.3. The van der Waals surface area contributed by atoms with Crippen molar-refractivity contribution in [2.75, 3.05) is 5.33 Å². The maximum absolute atomic E-state index is 12.3. The highest BCUT2D eigenvalue weighted by Crippen LogP contribution is 2.28. The van der Waals surface area contributed by atoms with Crippen LogP contribution in [0.5, 0.6) is 11.5 Å². The lowest BCUT2D eigenvalue weighted by molar-refractivity contribution is -0.134. The van der Waals surface area contributed by atoms with E-state index in [1.165, 1.54) is 0 Å². The van der Waals surface area contributed by atoms with Crippen LogP contribution in [0, 0.1) is 0 Å². The standard InChI is InChI=1S/C19H18Br2O4/c20-12-5-1-2-11-18(22)24-16-9-3-4-10-17(16)25-19(23)14-7-6-8-15(21)13-14/h3-4,6-10,13H,1-2,5,11-12H2. The van der Waals surface area contributed by atoms with Crippen molar-refractivity contribution >= 4 is 43.8 Å². The molecule has 0 saturated carbocycles. The van der Waals surface area contributed by atoms with E-state index in [0.29, 0.717) is 12.0 Å². The number of hydrogen-bond donors (Lipinski definition) is 0. The predicted octanol–water partition coefficient (Wildman–Crippen LogP) is 5.53. The molecule has 2 rings (SSSR count). The van der Waals surface area contributed by atoms with Gasteiger partial charge in [0.1, 0.15) is 0 Å². The molecule has 0 atom stereocenters. The van der Waals surface area contributed by atoms with Crippen molar-refractivity contribution in [2.45, 2.75) is 25.7 Å². The highest BCUT2D eigenvalue weighted by molar-refractivity contribution is 9.10. The van der Waals surface area contributed by atoms with Gasteiger partial charge < -0.3 is 9.47 Å². The zero-order valence-corrected chi connectivity index (χ0v) is 16.7. The van der Waals surface area contributed by atoms with E-state index in [1.54, 1.807) is 42.5 Å². The van der Waals surface area contributed by atoms with E-state index in [4.69, 9.17) is 9.47 Å². The number of para-hydroxylation sites is 2. The average Bonchev–Trinajstić information content (AvgIpc) is 2.60. The number of hydrogen-bond acceptors (Lipinski definition) is 4. The van der Waals surface area contributed by atoms with Crippen molar-refractivity contribution in [2.24, 2.45) is 0 Å². The molecule has 0 aliphatic rings. The van der Waals surface area contributed by atoms with Crippen LogP contribution in [-0.4, -0.2) is 17.3 Å². The summed E-state index contributed by atoms with van der Waals surface area (Å²) in [7, 11) is 0. The van der Waals surface area contributed by atoms with Gasteiger partial charge in [-0.15, -0.1) is 0 Å². The highest BCUT2D eigenvalue weighted by Gasteiger charge is 2.14. The SMILES string of the molecule is O=C(CCCCCBr)Oc1ccccc1OC(=O)c1cccc(Br)c1. The number of ether oxygens (including phenoxy) is 2. The highest BCUT2D eigenvalue weighted by atomic mass is 79.9. The van der Waals surface area contributed by atoms with E-state index in [9.17, 15) is 9.59 Å². The molecule has 0 amide bonds. The van der Waals surface area contributed by atoms with Crippen molar-refractivity contribution in [3.8, 4) is 11.5 Å². The Bertz CT molecular complexity index is 731. The summed E-state index contributed by atoms with van der Waals surface area (Å²) in [5.74, 6) is -0.375. The Morgan fingerprint density at radius 1 is 0.880 bits per heavy atom. The summed E-state index contributed by atoms with van der Waals surface area (Å²) in [5.41, 5.74) is 0.408. The zero-order valence-electron chi connectivity index (χ0n) is 13.5. The van der Waals surface area contributed by atoms with E-state index >= 15 is 0 Å². The molecule has 2 aromatic rings. The molecule has 0 bridgehead atoms. The Labute approximate surface area is 163 Å². The summed E-state index contributed by atoms with van der Waals surface area (Å²) in [6.07, 6.45) is 3.08. The second kappa shape index (κ2) is 10.4. The molecule has 0 spiro atoms. The molecule has 0 aliphatic carbocycles. The molecule has 0 saturated heterocycles. The molecule has 2 aromatic carbocycles. The molecular formula is C19H18Br2O4. The molecule has 25 heavy (non-hydrogen) atoms. The second-order valence-corrected chi connectivity index (χ2v) is 7.03. The summed E-state index contributed by atoms with van der Waals surface area (Å²) in [6, 6.07) is 13.6. The number of benzene rings is 2. The predicted molar refractivity (Wildman–Crippen MR) is 103 cm³/mol. The maximum Gasteiger partial charge on any atom is 0.343 e. The largest absolute Gasteiger partial charge is 0.423 e. The molecule has 6 heteroatoms. The molecule has 0 radical (unpaired) electrons. The quantitative estimate of drug-likeness (QED) is 0.221. The Kier molecular flexibility index (Phi) is 8.15. The van der Waals surface area contributed by atoms with E-state index in [0.717, 1.165) is 29.1 Å². The Balaban J connectivity index is 2.00. The van der Waals surface area contributed by atoms with Gasteiger partial charge in [-0.25, -0.2) is 4.79 Å². The van der Waals surface area contributed by atoms with Gasteiger partial charge in [0.25, 0.3) is 0 Å². The summed E-state index contributed by atoms with van der Waals surface area (Å²) in [4.78, 5) is 24.2. The fourth-order valence-corrected chi connectivity index (χ4v) is 2.90. The first-order valence-corrected chi connectivity index (χ1v) is 9.85. The molecule has 4 nitrogen and oxygen atoms in total. The van der Waals surface area contributed by atoms with Gasteiger partial charge in [-0.05, 0) is 43.2 Å². The van der Waals surface area contributed by atoms with E-state index < -0.39 is 5.97 Å². The lowest BCUT2D eigenvalue weighted by Crippen LogP contribution is -2.12. The van der Waals surface area contributed by atoms with Gasteiger partial charge in [-0.3, -0.25) is 4.79 Å². The van der Waals surface area contributed by atoms with Crippen LogP contribution in [0.25, 0.3) is 0 Å².